The average molecular weight is 326 g/mol. The molecule has 1 aliphatic heterocycles. The monoisotopic (exact) mass is 325 g/mol. The average Bonchev–Trinajstić information content (AvgIpc) is 2.55. The first-order valence-electron chi connectivity index (χ1n) is 9.46. The highest BCUT2D eigenvalue weighted by Crippen LogP contribution is 2.10. The van der Waals surface area contributed by atoms with Crippen LogP contribution in [0.25, 0.3) is 0 Å². The van der Waals surface area contributed by atoms with Gasteiger partial charge in [-0.05, 0) is 66.1 Å². The number of likely N-dealkylation sites (tertiary alicyclic amines) is 1. The summed E-state index contributed by atoms with van der Waals surface area (Å²) in [6.07, 6.45) is 6.12. The Balaban J connectivity index is 2.13. The van der Waals surface area contributed by atoms with Crippen molar-refractivity contribution in [2.24, 2.45) is 4.99 Å². The molecule has 0 aliphatic carbocycles. The predicted molar refractivity (Wildman–Crippen MR) is 101 cm³/mol. The molecule has 0 radical (unpaired) electrons. The fourth-order valence-corrected chi connectivity index (χ4v) is 2.96. The third kappa shape index (κ3) is 8.56. The molecule has 0 spiro atoms. The minimum atomic E-state index is 0.571. The second-order valence-corrected chi connectivity index (χ2v) is 7.04. The molecule has 1 heterocycles. The zero-order valence-corrected chi connectivity index (χ0v) is 16.1. The summed E-state index contributed by atoms with van der Waals surface area (Å²) in [6, 6.07) is 1.21. The van der Waals surface area contributed by atoms with Crippen LogP contribution in [0, 0.1) is 0 Å². The summed E-state index contributed by atoms with van der Waals surface area (Å²) in [4.78, 5) is 9.34. The first-order valence-corrected chi connectivity index (χ1v) is 9.46. The molecule has 0 aromatic carbocycles. The van der Waals surface area contributed by atoms with Crippen molar-refractivity contribution in [3.05, 3.63) is 0 Å². The summed E-state index contributed by atoms with van der Waals surface area (Å²) in [7, 11) is 4.07. The SMILES string of the molecule is CCCN1CCC(NC(=NC)NCCCCN(C)C(C)C)CC1. The topological polar surface area (TPSA) is 42.9 Å². The third-order valence-corrected chi connectivity index (χ3v) is 4.80. The fraction of sp³-hybridized carbons (Fsp3) is 0.944. The van der Waals surface area contributed by atoms with E-state index in [1.165, 1.54) is 58.3 Å². The number of unbranched alkanes of at least 4 members (excludes halogenated alkanes) is 1. The van der Waals surface area contributed by atoms with E-state index in [0.29, 0.717) is 12.1 Å². The van der Waals surface area contributed by atoms with E-state index in [-0.39, 0.29) is 0 Å². The summed E-state index contributed by atoms with van der Waals surface area (Å²) < 4.78 is 0. The number of guanidine groups is 1. The lowest BCUT2D eigenvalue weighted by molar-refractivity contribution is 0.206. The first-order chi connectivity index (χ1) is 11.1. The predicted octanol–water partition coefficient (Wildman–Crippen LogP) is 2.15. The number of aliphatic imine (C=N–C) groups is 1. The van der Waals surface area contributed by atoms with Gasteiger partial charge in [0.25, 0.3) is 0 Å². The fourth-order valence-electron chi connectivity index (χ4n) is 2.96. The van der Waals surface area contributed by atoms with Gasteiger partial charge in [-0.3, -0.25) is 4.99 Å². The van der Waals surface area contributed by atoms with E-state index in [4.69, 9.17) is 0 Å². The molecule has 1 aliphatic rings. The van der Waals surface area contributed by atoms with Crippen molar-refractivity contribution in [3.63, 3.8) is 0 Å². The van der Waals surface area contributed by atoms with Gasteiger partial charge in [0.1, 0.15) is 0 Å². The highest BCUT2D eigenvalue weighted by atomic mass is 15.2. The van der Waals surface area contributed by atoms with Crippen LogP contribution in [0.2, 0.25) is 0 Å². The Morgan fingerprint density at radius 2 is 1.96 bits per heavy atom. The quantitative estimate of drug-likeness (QED) is 0.387. The highest BCUT2D eigenvalue weighted by molar-refractivity contribution is 5.79. The van der Waals surface area contributed by atoms with Crippen LogP contribution in [0.4, 0.5) is 0 Å². The minimum absolute atomic E-state index is 0.571. The zero-order valence-electron chi connectivity index (χ0n) is 16.1. The number of hydrogen-bond donors (Lipinski definition) is 2. The van der Waals surface area contributed by atoms with Crippen LogP contribution < -0.4 is 10.6 Å². The Bertz CT molecular complexity index is 321. The Morgan fingerprint density at radius 3 is 2.52 bits per heavy atom. The lowest BCUT2D eigenvalue weighted by atomic mass is 10.1. The molecule has 0 amide bonds. The molecule has 23 heavy (non-hydrogen) atoms. The Kier molecular flexibility index (Phi) is 10.3. The summed E-state index contributed by atoms with van der Waals surface area (Å²) in [6.45, 7) is 12.6. The van der Waals surface area contributed by atoms with Gasteiger partial charge < -0.3 is 20.4 Å². The smallest absolute Gasteiger partial charge is 0.191 e. The summed E-state index contributed by atoms with van der Waals surface area (Å²) >= 11 is 0. The third-order valence-electron chi connectivity index (χ3n) is 4.80. The molecule has 0 unspecified atom stereocenters. The molecule has 0 aromatic rings. The molecule has 136 valence electrons. The van der Waals surface area contributed by atoms with Crippen LogP contribution in [0.15, 0.2) is 4.99 Å². The van der Waals surface area contributed by atoms with E-state index in [1.807, 2.05) is 7.05 Å². The molecule has 0 atom stereocenters. The number of nitrogens with zero attached hydrogens (tertiary/aromatic N) is 3. The Labute approximate surface area is 143 Å². The molecule has 1 fully saturated rings. The van der Waals surface area contributed by atoms with Gasteiger partial charge in [-0.1, -0.05) is 6.92 Å². The van der Waals surface area contributed by atoms with Gasteiger partial charge in [0.05, 0.1) is 0 Å². The van der Waals surface area contributed by atoms with Crippen LogP contribution in [-0.4, -0.2) is 74.7 Å². The van der Waals surface area contributed by atoms with Crippen LogP contribution in [-0.2, 0) is 0 Å². The second-order valence-electron chi connectivity index (χ2n) is 7.04. The van der Waals surface area contributed by atoms with Crippen molar-refractivity contribution in [1.82, 2.24) is 20.4 Å². The lowest BCUT2D eigenvalue weighted by Gasteiger charge is -2.32. The Hall–Kier alpha value is -0.810. The molecule has 1 saturated heterocycles. The molecule has 5 heteroatoms. The highest BCUT2D eigenvalue weighted by Gasteiger charge is 2.19. The van der Waals surface area contributed by atoms with Gasteiger partial charge in [-0.25, -0.2) is 0 Å². The van der Waals surface area contributed by atoms with Crippen LogP contribution in [0.5, 0.6) is 0 Å². The normalized spacial score (nSPS) is 18.0. The molecule has 2 N–H and O–H groups in total. The number of piperidine rings is 1. The maximum Gasteiger partial charge on any atom is 0.191 e. The van der Waals surface area contributed by atoms with Crippen molar-refractivity contribution in [1.29, 1.82) is 0 Å². The van der Waals surface area contributed by atoms with Crippen molar-refractivity contribution >= 4 is 5.96 Å². The van der Waals surface area contributed by atoms with Gasteiger partial charge in [0.2, 0.25) is 0 Å². The molecule has 0 bridgehead atoms. The second kappa shape index (κ2) is 11.7. The summed E-state index contributed by atoms with van der Waals surface area (Å²) in [5.74, 6) is 0.969. The van der Waals surface area contributed by atoms with Crippen LogP contribution >= 0.6 is 0 Å². The first kappa shape index (κ1) is 20.2. The lowest BCUT2D eigenvalue weighted by Crippen LogP contribution is -2.48. The van der Waals surface area contributed by atoms with Crippen molar-refractivity contribution < 1.29 is 0 Å². The number of nitrogens with one attached hydrogen (secondary N) is 2. The summed E-state index contributed by atoms with van der Waals surface area (Å²) in [5, 5.41) is 7.05. The van der Waals surface area contributed by atoms with E-state index in [2.05, 4.69) is 53.2 Å². The van der Waals surface area contributed by atoms with Crippen molar-refractivity contribution in [2.75, 3.05) is 46.8 Å². The van der Waals surface area contributed by atoms with Gasteiger partial charge in [0, 0.05) is 38.8 Å². The van der Waals surface area contributed by atoms with Crippen molar-refractivity contribution in [2.45, 2.75) is 65.0 Å². The van der Waals surface area contributed by atoms with E-state index in [0.717, 1.165) is 12.5 Å². The van der Waals surface area contributed by atoms with Gasteiger partial charge >= 0.3 is 0 Å². The summed E-state index contributed by atoms with van der Waals surface area (Å²) in [5.41, 5.74) is 0. The maximum atomic E-state index is 4.37. The molecule has 5 nitrogen and oxygen atoms in total. The largest absolute Gasteiger partial charge is 0.356 e. The minimum Gasteiger partial charge on any atom is -0.356 e. The molecule has 1 rings (SSSR count). The number of hydrogen-bond acceptors (Lipinski definition) is 3. The van der Waals surface area contributed by atoms with Gasteiger partial charge in [0.15, 0.2) is 5.96 Å². The standard InChI is InChI=1S/C18H39N5/c1-6-12-23-14-9-17(10-15-23)21-18(19-4)20-11-7-8-13-22(5)16(2)3/h16-17H,6-15H2,1-5H3,(H2,19,20,21). The number of rotatable bonds is 9. The maximum absolute atomic E-state index is 4.37. The zero-order chi connectivity index (χ0) is 17.1. The van der Waals surface area contributed by atoms with Gasteiger partial charge in [-0.15, -0.1) is 0 Å². The van der Waals surface area contributed by atoms with E-state index >= 15 is 0 Å². The van der Waals surface area contributed by atoms with E-state index in [9.17, 15) is 0 Å². The Morgan fingerprint density at radius 1 is 1.26 bits per heavy atom. The van der Waals surface area contributed by atoms with Crippen LogP contribution in [0.1, 0.15) is 52.9 Å². The molecular formula is C18H39N5. The molecule has 0 aromatic heterocycles. The molecular weight excluding hydrogens is 286 g/mol. The van der Waals surface area contributed by atoms with Crippen molar-refractivity contribution in [3.8, 4) is 0 Å². The van der Waals surface area contributed by atoms with Gasteiger partial charge in [-0.2, -0.15) is 0 Å². The van der Waals surface area contributed by atoms with Crippen LogP contribution in [0.3, 0.4) is 0 Å². The van der Waals surface area contributed by atoms with E-state index in [1.54, 1.807) is 0 Å². The van der Waals surface area contributed by atoms with E-state index < -0.39 is 0 Å². The molecule has 0 saturated carbocycles.